The van der Waals surface area contributed by atoms with Gasteiger partial charge in [0.2, 0.25) is 0 Å². The lowest BCUT2D eigenvalue weighted by atomic mass is 9.84. The molecular formula is C12H24N4. The van der Waals surface area contributed by atoms with Crippen molar-refractivity contribution in [2.75, 3.05) is 27.2 Å². The van der Waals surface area contributed by atoms with E-state index in [4.69, 9.17) is 0 Å². The van der Waals surface area contributed by atoms with Gasteiger partial charge in [0.05, 0.1) is 0 Å². The Bertz CT molecular complexity index is 239. The number of nitrogens with zero attached hydrogens (tertiary/aromatic N) is 2. The van der Waals surface area contributed by atoms with Gasteiger partial charge in [-0.25, -0.2) is 0 Å². The molecule has 0 radical (unpaired) electrons. The van der Waals surface area contributed by atoms with E-state index in [0.717, 1.165) is 12.0 Å². The number of hydrogen-bond donors (Lipinski definition) is 2. The fraction of sp³-hybridized carbons (Fsp3) is 0.917. The second-order valence-corrected chi connectivity index (χ2v) is 4.89. The molecule has 0 aromatic rings. The Hall–Kier alpha value is -0.770. The van der Waals surface area contributed by atoms with Gasteiger partial charge in [-0.15, -0.1) is 0 Å². The zero-order valence-electron chi connectivity index (χ0n) is 10.5. The summed E-state index contributed by atoms with van der Waals surface area (Å²) in [7, 11) is 3.73. The van der Waals surface area contributed by atoms with Gasteiger partial charge in [-0.1, -0.05) is 6.42 Å². The van der Waals surface area contributed by atoms with Crippen LogP contribution in [0.5, 0.6) is 0 Å². The highest BCUT2D eigenvalue weighted by Crippen LogP contribution is 2.27. The van der Waals surface area contributed by atoms with Crippen molar-refractivity contribution in [1.29, 1.82) is 0 Å². The van der Waals surface area contributed by atoms with Gasteiger partial charge in [0, 0.05) is 26.2 Å². The van der Waals surface area contributed by atoms with Crippen molar-refractivity contribution in [3.63, 3.8) is 0 Å². The molecule has 0 bridgehead atoms. The third-order valence-corrected chi connectivity index (χ3v) is 3.82. The number of piperidine rings is 1. The average Bonchev–Trinajstić information content (AvgIpc) is 2.29. The molecule has 2 rings (SSSR count). The molecule has 2 aliphatic rings. The van der Waals surface area contributed by atoms with Gasteiger partial charge in [0.15, 0.2) is 5.96 Å². The standard InChI is InChI=1S/C12H24N4/c1-13-12(14-2)15-10-8-11(9-10)16-6-4-3-5-7-16/h10-11H,3-9H2,1-2H3,(H2,13,14,15). The molecule has 2 N–H and O–H groups in total. The summed E-state index contributed by atoms with van der Waals surface area (Å²) in [4.78, 5) is 6.82. The first-order valence-electron chi connectivity index (χ1n) is 6.48. The molecule has 4 heteroatoms. The summed E-state index contributed by atoms with van der Waals surface area (Å²) in [6, 6.07) is 1.45. The summed E-state index contributed by atoms with van der Waals surface area (Å²) in [5.74, 6) is 0.919. The van der Waals surface area contributed by atoms with Crippen LogP contribution in [0.3, 0.4) is 0 Å². The van der Waals surface area contributed by atoms with Gasteiger partial charge in [0.1, 0.15) is 0 Å². The number of likely N-dealkylation sites (tertiary alicyclic amines) is 1. The van der Waals surface area contributed by atoms with E-state index in [0.29, 0.717) is 6.04 Å². The Morgan fingerprint density at radius 2 is 1.88 bits per heavy atom. The molecule has 1 saturated heterocycles. The lowest BCUT2D eigenvalue weighted by Crippen LogP contribution is -2.56. The molecule has 2 fully saturated rings. The predicted molar refractivity (Wildman–Crippen MR) is 67.8 cm³/mol. The van der Waals surface area contributed by atoms with Crippen LogP contribution in [0.25, 0.3) is 0 Å². The van der Waals surface area contributed by atoms with Crippen LogP contribution in [-0.4, -0.2) is 50.1 Å². The number of rotatable bonds is 2. The Balaban J connectivity index is 1.68. The minimum atomic E-state index is 0.623. The molecule has 0 amide bonds. The zero-order valence-corrected chi connectivity index (χ0v) is 10.5. The molecule has 0 aromatic carbocycles. The van der Waals surface area contributed by atoms with Crippen molar-refractivity contribution < 1.29 is 0 Å². The molecular weight excluding hydrogens is 200 g/mol. The SMILES string of the molecule is CN=C(NC)NC1CC(N2CCCCC2)C1. The second-order valence-electron chi connectivity index (χ2n) is 4.89. The highest BCUT2D eigenvalue weighted by molar-refractivity contribution is 5.79. The van der Waals surface area contributed by atoms with E-state index in [9.17, 15) is 0 Å². The van der Waals surface area contributed by atoms with Gasteiger partial charge in [-0.05, 0) is 38.8 Å². The summed E-state index contributed by atoms with van der Waals surface area (Å²) in [5, 5.41) is 6.50. The molecule has 16 heavy (non-hydrogen) atoms. The summed E-state index contributed by atoms with van der Waals surface area (Å²) < 4.78 is 0. The average molecular weight is 224 g/mol. The number of nitrogens with one attached hydrogen (secondary N) is 2. The highest BCUT2D eigenvalue weighted by atomic mass is 15.2. The fourth-order valence-electron chi connectivity index (χ4n) is 2.73. The van der Waals surface area contributed by atoms with Crippen LogP contribution < -0.4 is 10.6 Å². The third kappa shape index (κ3) is 2.67. The van der Waals surface area contributed by atoms with Gasteiger partial charge >= 0.3 is 0 Å². The number of hydrogen-bond acceptors (Lipinski definition) is 2. The van der Waals surface area contributed by atoms with Gasteiger partial charge in [-0.2, -0.15) is 0 Å². The molecule has 1 aliphatic carbocycles. The molecule has 1 saturated carbocycles. The minimum Gasteiger partial charge on any atom is -0.359 e. The Morgan fingerprint density at radius 3 is 2.44 bits per heavy atom. The second kappa shape index (κ2) is 5.53. The van der Waals surface area contributed by atoms with Gasteiger partial charge in [-0.3, -0.25) is 4.99 Å². The Labute approximate surface area is 98.5 Å². The molecule has 0 spiro atoms. The van der Waals surface area contributed by atoms with Crippen LogP contribution in [-0.2, 0) is 0 Å². The van der Waals surface area contributed by atoms with Crippen LogP contribution in [0.1, 0.15) is 32.1 Å². The van der Waals surface area contributed by atoms with Crippen molar-refractivity contribution in [3.05, 3.63) is 0 Å². The van der Waals surface area contributed by atoms with Gasteiger partial charge in [0.25, 0.3) is 0 Å². The Kier molecular flexibility index (Phi) is 4.04. The molecule has 0 atom stereocenters. The molecule has 0 unspecified atom stereocenters. The highest BCUT2D eigenvalue weighted by Gasteiger charge is 2.34. The monoisotopic (exact) mass is 224 g/mol. The molecule has 92 valence electrons. The van der Waals surface area contributed by atoms with Crippen LogP contribution >= 0.6 is 0 Å². The van der Waals surface area contributed by atoms with E-state index in [1.807, 2.05) is 14.1 Å². The molecule has 1 heterocycles. The number of guanidine groups is 1. The summed E-state index contributed by atoms with van der Waals surface area (Å²) in [6.07, 6.45) is 6.78. The molecule has 0 aromatic heterocycles. The van der Waals surface area contributed by atoms with Crippen LogP contribution in [0.2, 0.25) is 0 Å². The van der Waals surface area contributed by atoms with Crippen LogP contribution in [0, 0.1) is 0 Å². The van der Waals surface area contributed by atoms with E-state index in [1.54, 1.807) is 0 Å². The zero-order chi connectivity index (χ0) is 11.4. The summed E-state index contributed by atoms with van der Waals surface area (Å²) in [6.45, 7) is 2.64. The predicted octanol–water partition coefficient (Wildman–Crippen LogP) is 0.798. The summed E-state index contributed by atoms with van der Waals surface area (Å²) in [5.41, 5.74) is 0. The van der Waals surface area contributed by atoms with Crippen LogP contribution in [0.4, 0.5) is 0 Å². The van der Waals surface area contributed by atoms with Crippen molar-refractivity contribution in [3.8, 4) is 0 Å². The topological polar surface area (TPSA) is 39.7 Å². The normalized spacial score (nSPS) is 32.0. The van der Waals surface area contributed by atoms with E-state index in [1.165, 1.54) is 45.2 Å². The maximum Gasteiger partial charge on any atom is 0.190 e. The van der Waals surface area contributed by atoms with Gasteiger partial charge < -0.3 is 15.5 Å². The van der Waals surface area contributed by atoms with E-state index >= 15 is 0 Å². The first-order chi connectivity index (χ1) is 7.83. The van der Waals surface area contributed by atoms with E-state index in [2.05, 4.69) is 20.5 Å². The smallest absolute Gasteiger partial charge is 0.190 e. The maximum atomic E-state index is 4.15. The van der Waals surface area contributed by atoms with Crippen molar-refractivity contribution in [2.24, 2.45) is 4.99 Å². The third-order valence-electron chi connectivity index (χ3n) is 3.82. The summed E-state index contributed by atoms with van der Waals surface area (Å²) >= 11 is 0. The fourth-order valence-corrected chi connectivity index (χ4v) is 2.73. The number of aliphatic imine (C=N–C) groups is 1. The van der Waals surface area contributed by atoms with E-state index in [-0.39, 0.29) is 0 Å². The first-order valence-corrected chi connectivity index (χ1v) is 6.48. The minimum absolute atomic E-state index is 0.623. The Morgan fingerprint density at radius 1 is 1.19 bits per heavy atom. The largest absolute Gasteiger partial charge is 0.359 e. The lowest BCUT2D eigenvalue weighted by Gasteiger charge is -2.45. The van der Waals surface area contributed by atoms with Crippen molar-refractivity contribution in [2.45, 2.75) is 44.2 Å². The lowest BCUT2D eigenvalue weighted by molar-refractivity contribution is 0.0844. The first kappa shape index (κ1) is 11.7. The van der Waals surface area contributed by atoms with Crippen molar-refractivity contribution in [1.82, 2.24) is 15.5 Å². The molecule has 4 nitrogen and oxygen atoms in total. The maximum absolute atomic E-state index is 4.15. The quantitative estimate of drug-likeness (QED) is 0.538. The molecule has 1 aliphatic heterocycles. The van der Waals surface area contributed by atoms with Crippen LogP contribution in [0.15, 0.2) is 4.99 Å². The van der Waals surface area contributed by atoms with Crippen molar-refractivity contribution >= 4 is 5.96 Å². The van der Waals surface area contributed by atoms with E-state index < -0.39 is 0 Å².